The molecular weight excluding hydrogens is 610 g/mol. The quantitative estimate of drug-likeness (QED) is 0.0963. The lowest BCUT2D eigenvalue weighted by Gasteiger charge is -2.73. The van der Waals surface area contributed by atoms with Crippen molar-refractivity contribution >= 4 is 63.8 Å². The molecule has 47 heavy (non-hydrogen) atoms. The third-order valence-electron chi connectivity index (χ3n) is 13.1. The van der Waals surface area contributed by atoms with E-state index >= 15 is 0 Å². The molecule has 246 valence electrons. The molecule has 0 aliphatic heterocycles. The standard InChI is InChI=1S/C33H45B5O8S/c1-5-15(3)27(43)45-14-29-19(13-32(37,47)26(25(29)42)46-28(44)16(4)6-2)17-7-8-21-30(35)11-10-20(39)22(34)18(30)9-12-31(21,36)33(17,38)24(41)23(29)40/h6-7,15,18-26,39-42,47H,5,8-14H2,1-4H3/b16-6-/t15?,18?,19?,20-,21?,22+,23+,24-,25-,26-,29-,30+,31-,32+,33+/m0/s1. The minimum absolute atomic E-state index is 0.0797. The molecule has 0 heterocycles. The number of aliphatic hydroxyl groups is 4. The number of hydrogen-bond acceptors (Lipinski definition) is 9. The van der Waals surface area contributed by atoms with E-state index in [-0.39, 0.29) is 17.9 Å². The first-order valence-corrected chi connectivity index (χ1v) is 17.3. The van der Waals surface area contributed by atoms with E-state index in [4.69, 9.17) is 61.3 Å². The summed E-state index contributed by atoms with van der Waals surface area (Å²) in [5.74, 6) is -3.94. The molecule has 14 heteroatoms. The predicted octanol–water partition coefficient (Wildman–Crippen LogP) is 1.80. The highest BCUT2D eigenvalue weighted by atomic mass is 32.1. The number of carbonyl (C=O) groups is 2. The maximum absolute atomic E-state index is 13.0. The first-order chi connectivity index (χ1) is 21.8. The van der Waals surface area contributed by atoms with E-state index in [0.29, 0.717) is 44.1 Å². The van der Waals surface area contributed by atoms with E-state index in [1.54, 1.807) is 26.8 Å². The number of ether oxygens (including phenoxy) is 2. The Morgan fingerprint density at radius 3 is 2.36 bits per heavy atom. The summed E-state index contributed by atoms with van der Waals surface area (Å²) in [7, 11) is 35.1. The van der Waals surface area contributed by atoms with Crippen molar-refractivity contribution in [3.63, 3.8) is 0 Å². The molecule has 10 radical (unpaired) electrons. The monoisotopic (exact) mass is 656 g/mol. The smallest absolute Gasteiger partial charge is 0.333 e. The molecule has 8 nitrogen and oxygen atoms in total. The molecule has 4 unspecified atom stereocenters. The number of fused-ring (bicyclic) bond motifs is 7. The highest BCUT2D eigenvalue weighted by Crippen LogP contribution is 2.80. The van der Waals surface area contributed by atoms with Crippen LogP contribution in [0.1, 0.15) is 72.6 Å². The molecule has 15 atom stereocenters. The van der Waals surface area contributed by atoms with E-state index in [1.807, 2.05) is 13.0 Å². The number of rotatable bonds is 6. The van der Waals surface area contributed by atoms with Crippen molar-refractivity contribution in [3.05, 3.63) is 23.3 Å². The average molecular weight is 656 g/mol. The molecule has 5 aliphatic rings. The lowest BCUT2D eigenvalue weighted by Crippen LogP contribution is -2.75. The maximum Gasteiger partial charge on any atom is 0.333 e. The van der Waals surface area contributed by atoms with Gasteiger partial charge in [0.1, 0.15) is 18.8 Å². The van der Waals surface area contributed by atoms with Crippen molar-refractivity contribution in [1.29, 1.82) is 0 Å². The van der Waals surface area contributed by atoms with Crippen LogP contribution < -0.4 is 0 Å². The van der Waals surface area contributed by atoms with Gasteiger partial charge >= 0.3 is 11.9 Å². The fourth-order valence-corrected chi connectivity index (χ4v) is 10.2. The normalized spacial score (nSPS) is 50.0. The summed E-state index contributed by atoms with van der Waals surface area (Å²) in [5, 5.41) is 43.4. The van der Waals surface area contributed by atoms with E-state index in [1.165, 1.54) is 0 Å². The number of thiol groups is 1. The third kappa shape index (κ3) is 5.22. The summed E-state index contributed by atoms with van der Waals surface area (Å²) >= 11 is 4.71. The van der Waals surface area contributed by atoms with Crippen LogP contribution in [-0.2, 0) is 19.1 Å². The lowest BCUT2D eigenvalue weighted by atomic mass is 9.22. The molecule has 0 aromatic rings. The van der Waals surface area contributed by atoms with E-state index < -0.39 is 98.6 Å². The van der Waals surface area contributed by atoms with Gasteiger partial charge in [0.05, 0.1) is 62.8 Å². The van der Waals surface area contributed by atoms with Crippen LogP contribution in [-0.4, -0.2) is 113 Å². The molecule has 0 amide bonds. The van der Waals surface area contributed by atoms with Crippen LogP contribution >= 0.6 is 12.6 Å². The van der Waals surface area contributed by atoms with Crippen molar-refractivity contribution in [2.24, 2.45) is 29.1 Å². The van der Waals surface area contributed by atoms with Crippen molar-refractivity contribution in [2.75, 3.05) is 6.61 Å². The zero-order chi connectivity index (χ0) is 35.1. The first kappa shape index (κ1) is 37.2. The van der Waals surface area contributed by atoms with Crippen molar-refractivity contribution in [2.45, 2.75) is 130 Å². The fourth-order valence-electron chi connectivity index (χ4n) is 9.82. The van der Waals surface area contributed by atoms with Crippen molar-refractivity contribution in [1.82, 2.24) is 0 Å². The molecule has 5 aliphatic carbocycles. The predicted molar refractivity (Wildman–Crippen MR) is 185 cm³/mol. The molecule has 0 saturated heterocycles. The first-order valence-electron chi connectivity index (χ1n) is 16.9. The highest BCUT2D eigenvalue weighted by molar-refractivity contribution is 7.83. The molecular formula is C33H45B5O8S. The van der Waals surface area contributed by atoms with E-state index in [0.717, 1.165) is 0 Å². The summed E-state index contributed by atoms with van der Waals surface area (Å²) in [5.41, 5.74) is -1.10. The van der Waals surface area contributed by atoms with Gasteiger partial charge in [0.2, 0.25) is 0 Å². The summed E-state index contributed by atoms with van der Waals surface area (Å²) in [6.45, 7) is 6.21. The minimum Gasteiger partial charge on any atom is -0.465 e. The Hall–Kier alpha value is -1.07. The van der Waals surface area contributed by atoms with Crippen molar-refractivity contribution < 1.29 is 39.5 Å². The minimum atomic E-state index is -1.82. The summed E-state index contributed by atoms with van der Waals surface area (Å²) in [6.07, 6.45) is -1.75. The molecule has 0 spiro atoms. The fraction of sp³-hybridized carbons (Fsp3) is 0.818. The molecule has 0 aromatic heterocycles. The van der Waals surface area contributed by atoms with Crippen LogP contribution in [0.4, 0.5) is 0 Å². The Morgan fingerprint density at radius 1 is 1.09 bits per heavy atom. The Balaban J connectivity index is 1.65. The molecule has 0 aromatic carbocycles. The van der Waals surface area contributed by atoms with Gasteiger partial charge in [-0.1, -0.05) is 61.5 Å². The third-order valence-corrected chi connectivity index (χ3v) is 13.5. The van der Waals surface area contributed by atoms with Gasteiger partial charge < -0.3 is 29.9 Å². The Morgan fingerprint density at radius 2 is 1.74 bits per heavy atom. The van der Waals surface area contributed by atoms with E-state index in [2.05, 4.69) is 0 Å². The number of esters is 2. The van der Waals surface area contributed by atoms with Crippen molar-refractivity contribution in [3.8, 4) is 0 Å². The van der Waals surface area contributed by atoms with Gasteiger partial charge in [-0.3, -0.25) is 4.79 Å². The van der Waals surface area contributed by atoms with Gasteiger partial charge in [0.25, 0.3) is 0 Å². The Bertz CT molecular complexity index is 1330. The summed E-state index contributed by atoms with van der Waals surface area (Å²) in [4.78, 5) is 26.0. The largest absolute Gasteiger partial charge is 0.465 e. The molecule has 4 N–H and O–H groups in total. The second-order valence-corrected chi connectivity index (χ2v) is 16.0. The highest BCUT2D eigenvalue weighted by Gasteiger charge is 2.74. The zero-order valence-corrected chi connectivity index (χ0v) is 28.7. The Labute approximate surface area is 291 Å². The lowest BCUT2D eigenvalue weighted by molar-refractivity contribution is -0.240. The van der Waals surface area contributed by atoms with Gasteiger partial charge in [0.15, 0.2) is 0 Å². The molecule has 0 bridgehead atoms. The van der Waals surface area contributed by atoms with Crippen LogP contribution in [0, 0.1) is 29.1 Å². The molecule has 4 saturated carbocycles. The van der Waals surface area contributed by atoms with Crippen LogP contribution in [0.15, 0.2) is 23.3 Å². The van der Waals surface area contributed by atoms with Gasteiger partial charge in [-0.25, -0.2) is 4.79 Å². The second kappa shape index (κ2) is 12.6. The topological polar surface area (TPSA) is 134 Å². The average Bonchev–Trinajstić information content (AvgIpc) is 3.03. The number of hydrogen-bond donors (Lipinski definition) is 5. The molecule has 4 fully saturated rings. The van der Waals surface area contributed by atoms with Crippen LogP contribution in [0.3, 0.4) is 0 Å². The van der Waals surface area contributed by atoms with Gasteiger partial charge in [-0.2, -0.15) is 12.6 Å². The Kier molecular flexibility index (Phi) is 9.98. The number of carbonyl (C=O) groups excluding carboxylic acids is 2. The van der Waals surface area contributed by atoms with Gasteiger partial charge in [-0.15, -0.1) is 0 Å². The number of aliphatic hydroxyl groups excluding tert-OH is 4. The van der Waals surface area contributed by atoms with Crippen LogP contribution in [0.2, 0.25) is 21.8 Å². The number of allylic oxidation sites excluding steroid dienone is 2. The SMILES string of the molecule is [B][C@@H]1C2CC[C@]3([B])C(CC=C4C5C[C@@]([B])(S)[C@@H](OC(=O)/C(C)=C\C)[C@H](O)[C@]5(COC(=O)C(C)CC)[C@H](O)[C@H](O)[C@]43[B])[C@@]2([B])CC[C@@H]1O. The van der Waals surface area contributed by atoms with E-state index in [9.17, 15) is 30.0 Å². The van der Waals surface area contributed by atoms with Gasteiger partial charge in [-0.05, 0) is 68.4 Å². The zero-order valence-electron chi connectivity index (χ0n) is 27.8. The second-order valence-electron chi connectivity index (χ2n) is 15.2. The summed E-state index contributed by atoms with van der Waals surface area (Å²) in [6, 6.07) is 0. The van der Waals surface area contributed by atoms with Crippen LogP contribution in [0.25, 0.3) is 0 Å². The van der Waals surface area contributed by atoms with Crippen LogP contribution in [0.5, 0.6) is 0 Å². The van der Waals surface area contributed by atoms with Gasteiger partial charge in [0, 0.05) is 16.3 Å². The maximum atomic E-state index is 13.0. The summed E-state index contributed by atoms with van der Waals surface area (Å²) < 4.78 is 9.89. The molecule has 5 rings (SSSR count).